The second-order valence-electron chi connectivity index (χ2n) is 3.83. The molecule has 0 aliphatic carbocycles. The minimum absolute atomic E-state index is 0.126. The van der Waals surface area contributed by atoms with Crippen LogP contribution in [0.1, 0.15) is 32.3 Å². The molecule has 88 valence electrons. The Balaban J connectivity index is 2.90. The molecule has 1 aromatic rings. The Morgan fingerprint density at radius 3 is 2.62 bits per heavy atom. The third-order valence-electron chi connectivity index (χ3n) is 2.81. The number of Topliss-reactive ketones (excluding diaryl/α,β-unsaturated/α-hetero) is 1. The number of carbonyl (C=O) groups excluding carboxylic acids is 1. The number of benzene rings is 1. The third-order valence-corrected chi connectivity index (χ3v) is 3.16. The van der Waals surface area contributed by atoms with Gasteiger partial charge in [-0.05, 0) is 25.0 Å². The molecule has 16 heavy (non-hydrogen) atoms. The van der Waals surface area contributed by atoms with Gasteiger partial charge in [-0.2, -0.15) is 0 Å². The summed E-state index contributed by atoms with van der Waals surface area (Å²) >= 11 is 5.93. The molecule has 0 N–H and O–H groups in total. The van der Waals surface area contributed by atoms with Gasteiger partial charge in [0.15, 0.2) is 0 Å². The molecule has 0 bridgehead atoms. The van der Waals surface area contributed by atoms with Crippen molar-refractivity contribution in [3.05, 3.63) is 34.6 Å². The van der Waals surface area contributed by atoms with Crippen LogP contribution in [0.5, 0.6) is 0 Å². The summed E-state index contributed by atoms with van der Waals surface area (Å²) in [5.41, 5.74) is 0.456. The molecule has 3 heteroatoms. The van der Waals surface area contributed by atoms with E-state index in [0.29, 0.717) is 23.4 Å². The van der Waals surface area contributed by atoms with E-state index in [1.165, 1.54) is 6.07 Å². The van der Waals surface area contributed by atoms with Crippen molar-refractivity contribution in [2.75, 3.05) is 0 Å². The average Bonchev–Trinajstić information content (AvgIpc) is 2.28. The molecular weight excluding hydrogens is 227 g/mol. The SMILES string of the molecule is CCC(=O)C(CC)Cc1c(F)cccc1Cl. The number of hydrogen-bond acceptors (Lipinski definition) is 1. The Morgan fingerprint density at radius 1 is 1.44 bits per heavy atom. The van der Waals surface area contributed by atoms with Crippen LogP contribution < -0.4 is 0 Å². The van der Waals surface area contributed by atoms with Crippen LogP contribution in [0, 0.1) is 11.7 Å². The van der Waals surface area contributed by atoms with Crippen molar-refractivity contribution < 1.29 is 9.18 Å². The first kappa shape index (κ1) is 13.2. The van der Waals surface area contributed by atoms with Crippen LogP contribution in [0.4, 0.5) is 4.39 Å². The topological polar surface area (TPSA) is 17.1 Å². The van der Waals surface area contributed by atoms with Gasteiger partial charge in [-0.3, -0.25) is 4.79 Å². The number of carbonyl (C=O) groups is 1. The minimum Gasteiger partial charge on any atom is -0.299 e. The van der Waals surface area contributed by atoms with Crippen LogP contribution in [-0.2, 0) is 11.2 Å². The molecule has 0 aliphatic rings. The Morgan fingerprint density at radius 2 is 2.12 bits per heavy atom. The second kappa shape index (κ2) is 6.00. The van der Waals surface area contributed by atoms with Crippen LogP contribution in [0.25, 0.3) is 0 Å². The van der Waals surface area contributed by atoms with E-state index < -0.39 is 0 Å². The predicted octanol–water partition coefficient (Wildman–Crippen LogP) is 4.03. The summed E-state index contributed by atoms with van der Waals surface area (Å²) < 4.78 is 13.5. The number of ketones is 1. The van der Waals surface area contributed by atoms with Gasteiger partial charge in [0.2, 0.25) is 0 Å². The molecule has 1 unspecified atom stereocenters. The summed E-state index contributed by atoms with van der Waals surface area (Å²) in [5.74, 6) is -0.281. The number of rotatable bonds is 5. The zero-order chi connectivity index (χ0) is 12.1. The van der Waals surface area contributed by atoms with Crippen molar-refractivity contribution in [1.82, 2.24) is 0 Å². The summed E-state index contributed by atoms with van der Waals surface area (Å²) in [5, 5.41) is 0.405. The van der Waals surface area contributed by atoms with Gasteiger partial charge in [0, 0.05) is 22.9 Å². The van der Waals surface area contributed by atoms with Gasteiger partial charge in [-0.15, -0.1) is 0 Å². The molecule has 0 heterocycles. The van der Waals surface area contributed by atoms with E-state index in [1.807, 2.05) is 13.8 Å². The molecular formula is C13H16ClFO. The van der Waals surface area contributed by atoms with Crippen LogP contribution in [0.15, 0.2) is 18.2 Å². The smallest absolute Gasteiger partial charge is 0.136 e. The summed E-state index contributed by atoms with van der Waals surface area (Å²) in [6.45, 7) is 3.76. The molecule has 0 aromatic heterocycles. The maximum absolute atomic E-state index is 13.5. The lowest BCUT2D eigenvalue weighted by atomic mass is 9.91. The summed E-state index contributed by atoms with van der Waals surface area (Å²) in [6, 6.07) is 4.61. The second-order valence-corrected chi connectivity index (χ2v) is 4.24. The van der Waals surface area contributed by atoms with E-state index in [1.54, 1.807) is 12.1 Å². The first-order valence-corrected chi connectivity index (χ1v) is 5.93. The van der Waals surface area contributed by atoms with E-state index >= 15 is 0 Å². The predicted molar refractivity (Wildman–Crippen MR) is 64.2 cm³/mol. The maximum atomic E-state index is 13.5. The van der Waals surface area contributed by atoms with Crippen molar-refractivity contribution in [2.45, 2.75) is 33.1 Å². The molecule has 0 spiro atoms. The van der Waals surface area contributed by atoms with Crippen LogP contribution in [0.2, 0.25) is 5.02 Å². The van der Waals surface area contributed by atoms with E-state index in [2.05, 4.69) is 0 Å². The van der Waals surface area contributed by atoms with Gasteiger partial charge in [0.25, 0.3) is 0 Å². The van der Waals surface area contributed by atoms with Gasteiger partial charge in [0.1, 0.15) is 11.6 Å². The molecule has 0 aliphatic heterocycles. The van der Waals surface area contributed by atoms with Crippen molar-refractivity contribution in [3.63, 3.8) is 0 Å². The first-order valence-electron chi connectivity index (χ1n) is 5.55. The number of hydrogen-bond donors (Lipinski definition) is 0. The molecule has 1 nitrogen and oxygen atoms in total. The first-order chi connectivity index (χ1) is 7.60. The Bertz CT molecular complexity index is 356. The van der Waals surface area contributed by atoms with Crippen molar-refractivity contribution in [3.8, 4) is 0 Å². The largest absolute Gasteiger partial charge is 0.299 e. The zero-order valence-corrected chi connectivity index (χ0v) is 10.4. The third kappa shape index (κ3) is 3.05. The van der Waals surface area contributed by atoms with E-state index in [0.717, 1.165) is 6.42 Å². The molecule has 0 radical (unpaired) electrons. The van der Waals surface area contributed by atoms with Crippen LogP contribution >= 0.6 is 11.6 Å². The minimum atomic E-state index is -0.324. The lowest BCUT2D eigenvalue weighted by molar-refractivity contribution is -0.122. The molecule has 1 atom stereocenters. The quantitative estimate of drug-likeness (QED) is 0.762. The highest BCUT2D eigenvalue weighted by Crippen LogP contribution is 2.24. The van der Waals surface area contributed by atoms with Gasteiger partial charge in [-0.1, -0.05) is 31.5 Å². The summed E-state index contributed by atoms with van der Waals surface area (Å²) in [4.78, 5) is 11.6. The van der Waals surface area contributed by atoms with E-state index in [9.17, 15) is 9.18 Å². The Hall–Kier alpha value is -0.890. The molecule has 1 aromatic carbocycles. The highest BCUT2D eigenvalue weighted by molar-refractivity contribution is 6.31. The van der Waals surface area contributed by atoms with Crippen molar-refractivity contribution >= 4 is 17.4 Å². The molecule has 1 rings (SSSR count). The molecule has 0 fully saturated rings. The summed E-state index contributed by atoms with van der Waals surface area (Å²) in [7, 11) is 0. The number of halogens is 2. The Kier molecular flexibility index (Phi) is 4.94. The van der Waals surface area contributed by atoms with E-state index in [-0.39, 0.29) is 17.5 Å². The maximum Gasteiger partial charge on any atom is 0.136 e. The van der Waals surface area contributed by atoms with Gasteiger partial charge in [-0.25, -0.2) is 4.39 Å². The van der Waals surface area contributed by atoms with Crippen LogP contribution in [-0.4, -0.2) is 5.78 Å². The molecule has 0 saturated carbocycles. The monoisotopic (exact) mass is 242 g/mol. The van der Waals surface area contributed by atoms with Gasteiger partial charge in [0.05, 0.1) is 0 Å². The Labute approximate surface area is 101 Å². The normalized spacial score (nSPS) is 12.5. The highest BCUT2D eigenvalue weighted by atomic mass is 35.5. The standard InChI is InChI=1S/C13H16ClFO/c1-3-9(13(16)4-2)8-10-11(14)6-5-7-12(10)15/h5-7,9H,3-4,8H2,1-2H3. The lowest BCUT2D eigenvalue weighted by Crippen LogP contribution is -2.16. The van der Waals surface area contributed by atoms with E-state index in [4.69, 9.17) is 11.6 Å². The lowest BCUT2D eigenvalue weighted by Gasteiger charge is -2.14. The highest BCUT2D eigenvalue weighted by Gasteiger charge is 2.18. The summed E-state index contributed by atoms with van der Waals surface area (Å²) in [6.07, 6.45) is 1.61. The zero-order valence-electron chi connectivity index (χ0n) is 9.59. The van der Waals surface area contributed by atoms with Gasteiger partial charge >= 0.3 is 0 Å². The molecule has 0 amide bonds. The average molecular weight is 243 g/mol. The fraction of sp³-hybridized carbons (Fsp3) is 0.462. The fourth-order valence-electron chi connectivity index (χ4n) is 1.75. The van der Waals surface area contributed by atoms with Gasteiger partial charge < -0.3 is 0 Å². The molecule has 0 saturated heterocycles. The fourth-order valence-corrected chi connectivity index (χ4v) is 1.99. The van der Waals surface area contributed by atoms with Crippen LogP contribution in [0.3, 0.4) is 0 Å². The van der Waals surface area contributed by atoms with Crippen molar-refractivity contribution in [2.24, 2.45) is 5.92 Å². The van der Waals surface area contributed by atoms with Crippen molar-refractivity contribution in [1.29, 1.82) is 0 Å².